The maximum Gasteiger partial charge on any atom is 0.0680 e. The van der Waals surface area contributed by atoms with E-state index in [4.69, 9.17) is 0 Å². The summed E-state index contributed by atoms with van der Waals surface area (Å²) in [6.45, 7) is 5.93. The summed E-state index contributed by atoms with van der Waals surface area (Å²) in [5.41, 5.74) is 1.17. The Morgan fingerprint density at radius 1 is 1.42 bits per heavy atom. The predicted molar refractivity (Wildman–Crippen MR) is 53.7 cm³/mol. The first kappa shape index (κ1) is 9.20. The van der Waals surface area contributed by atoms with E-state index < -0.39 is 0 Å². The highest BCUT2D eigenvalue weighted by atomic mass is 15.0. The fourth-order valence-electron chi connectivity index (χ4n) is 1.26. The number of allylic oxidation sites excluding steroid dienone is 2. The average molecular weight is 164 g/mol. The van der Waals surface area contributed by atoms with Gasteiger partial charge in [-0.25, -0.2) is 0 Å². The second kappa shape index (κ2) is 4.88. The van der Waals surface area contributed by atoms with Gasteiger partial charge in [0.05, 0.1) is 18.3 Å². The third-order valence-corrected chi connectivity index (χ3v) is 1.77. The summed E-state index contributed by atoms with van der Waals surface area (Å²) in [6, 6.07) is 0.388. The molecule has 12 heavy (non-hydrogen) atoms. The van der Waals surface area contributed by atoms with Crippen molar-refractivity contribution in [2.24, 2.45) is 4.99 Å². The van der Waals surface area contributed by atoms with Gasteiger partial charge < -0.3 is 5.32 Å². The Morgan fingerprint density at radius 2 is 2.25 bits per heavy atom. The van der Waals surface area contributed by atoms with Crippen molar-refractivity contribution in [3.63, 3.8) is 0 Å². The van der Waals surface area contributed by atoms with Crippen LogP contribution in [0, 0.1) is 0 Å². The van der Waals surface area contributed by atoms with Gasteiger partial charge in [-0.1, -0.05) is 32.1 Å². The largest absolute Gasteiger partial charge is 0.304 e. The Morgan fingerprint density at radius 3 is 3.00 bits per heavy atom. The Balaban J connectivity index is 0.000000336. The molecule has 0 saturated heterocycles. The van der Waals surface area contributed by atoms with Gasteiger partial charge in [0, 0.05) is 6.54 Å². The van der Waals surface area contributed by atoms with Gasteiger partial charge in [0.15, 0.2) is 0 Å². The highest BCUT2D eigenvalue weighted by Gasteiger charge is 2.14. The lowest BCUT2D eigenvalue weighted by atomic mass is 10.1. The molecule has 0 radical (unpaired) electrons. The molecule has 1 aliphatic carbocycles. The van der Waals surface area contributed by atoms with Gasteiger partial charge in [-0.3, -0.25) is 4.99 Å². The second-order valence-electron chi connectivity index (χ2n) is 2.48. The van der Waals surface area contributed by atoms with Crippen LogP contribution in [-0.4, -0.2) is 24.8 Å². The third-order valence-electron chi connectivity index (χ3n) is 1.77. The van der Waals surface area contributed by atoms with E-state index in [2.05, 4.69) is 28.5 Å². The molecule has 0 aromatic rings. The summed E-state index contributed by atoms with van der Waals surface area (Å²) < 4.78 is 0. The van der Waals surface area contributed by atoms with Crippen LogP contribution in [-0.2, 0) is 0 Å². The lowest BCUT2D eigenvalue weighted by Crippen LogP contribution is -2.40. The molecular formula is C10H16N2. The van der Waals surface area contributed by atoms with E-state index in [0.29, 0.717) is 6.04 Å². The standard InChI is InChI=1S/C8H10N2.C2H6/c1-2-4-8-7(3-1)9-5-6-10-8;1-2/h1-4,7,9H,5-6H2;1-2H3. The van der Waals surface area contributed by atoms with Crippen molar-refractivity contribution in [1.29, 1.82) is 0 Å². The molecule has 2 aliphatic rings. The van der Waals surface area contributed by atoms with Gasteiger partial charge in [-0.2, -0.15) is 0 Å². The molecule has 1 aliphatic heterocycles. The van der Waals surface area contributed by atoms with E-state index in [1.165, 1.54) is 5.71 Å². The Kier molecular flexibility index (Phi) is 3.74. The highest BCUT2D eigenvalue weighted by molar-refractivity contribution is 6.02. The van der Waals surface area contributed by atoms with Crippen LogP contribution in [0.2, 0.25) is 0 Å². The normalized spacial score (nSPS) is 25.2. The number of rotatable bonds is 0. The van der Waals surface area contributed by atoms with Gasteiger partial charge in [0.1, 0.15) is 0 Å². The van der Waals surface area contributed by atoms with Crippen molar-refractivity contribution in [1.82, 2.24) is 5.32 Å². The molecule has 0 saturated carbocycles. The molecule has 0 fully saturated rings. The molecule has 2 heteroatoms. The Hall–Kier alpha value is -0.890. The minimum absolute atomic E-state index is 0.388. The highest BCUT2D eigenvalue weighted by Crippen LogP contribution is 2.03. The van der Waals surface area contributed by atoms with Crippen molar-refractivity contribution in [3.8, 4) is 0 Å². The minimum Gasteiger partial charge on any atom is -0.304 e. The van der Waals surface area contributed by atoms with Crippen LogP contribution in [0.15, 0.2) is 29.3 Å². The smallest absolute Gasteiger partial charge is 0.0680 e. The van der Waals surface area contributed by atoms with Crippen LogP contribution in [0.4, 0.5) is 0 Å². The predicted octanol–water partition coefficient (Wildman–Crippen LogP) is 1.55. The zero-order chi connectivity index (χ0) is 8.81. The molecule has 66 valence electrons. The SMILES string of the molecule is C1=CC2=NCCNC2C=C1.CC. The lowest BCUT2D eigenvalue weighted by Gasteiger charge is -2.21. The zero-order valence-corrected chi connectivity index (χ0v) is 7.75. The van der Waals surface area contributed by atoms with E-state index in [0.717, 1.165) is 13.1 Å². The molecule has 0 aromatic carbocycles. The van der Waals surface area contributed by atoms with Gasteiger partial charge in [0.2, 0.25) is 0 Å². The van der Waals surface area contributed by atoms with Crippen LogP contribution >= 0.6 is 0 Å². The lowest BCUT2D eigenvalue weighted by molar-refractivity contribution is 0.668. The van der Waals surface area contributed by atoms with Crippen LogP contribution < -0.4 is 5.32 Å². The van der Waals surface area contributed by atoms with Crippen molar-refractivity contribution in [2.45, 2.75) is 19.9 Å². The van der Waals surface area contributed by atoms with E-state index >= 15 is 0 Å². The molecule has 0 amide bonds. The van der Waals surface area contributed by atoms with Gasteiger partial charge >= 0.3 is 0 Å². The molecule has 0 spiro atoms. The Bertz CT molecular complexity index is 214. The monoisotopic (exact) mass is 164 g/mol. The van der Waals surface area contributed by atoms with Crippen LogP contribution in [0.3, 0.4) is 0 Å². The van der Waals surface area contributed by atoms with Crippen molar-refractivity contribution < 1.29 is 0 Å². The van der Waals surface area contributed by atoms with Crippen molar-refractivity contribution >= 4 is 5.71 Å². The van der Waals surface area contributed by atoms with Crippen LogP contribution in [0.25, 0.3) is 0 Å². The molecule has 1 heterocycles. The number of hydrogen-bond donors (Lipinski definition) is 1. The fourth-order valence-corrected chi connectivity index (χ4v) is 1.26. The molecule has 2 nitrogen and oxygen atoms in total. The topological polar surface area (TPSA) is 24.4 Å². The van der Waals surface area contributed by atoms with Crippen molar-refractivity contribution in [2.75, 3.05) is 13.1 Å². The molecule has 2 rings (SSSR count). The van der Waals surface area contributed by atoms with Gasteiger partial charge in [-0.05, 0) is 6.08 Å². The Labute approximate surface area is 74.1 Å². The summed E-state index contributed by atoms with van der Waals surface area (Å²) in [6.07, 6.45) is 8.29. The number of fused-ring (bicyclic) bond motifs is 1. The summed E-state index contributed by atoms with van der Waals surface area (Å²) in [5, 5.41) is 3.35. The first-order chi connectivity index (χ1) is 5.97. The van der Waals surface area contributed by atoms with Crippen LogP contribution in [0.5, 0.6) is 0 Å². The molecular weight excluding hydrogens is 148 g/mol. The molecule has 0 bridgehead atoms. The van der Waals surface area contributed by atoms with Gasteiger partial charge in [-0.15, -0.1) is 0 Å². The molecule has 0 aromatic heterocycles. The van der Waals surface area contributed by atoms with E-state index in [-0.39, 0.29) is 0 Å². The number of nitrogens with zero attached hydrogens (tertiary/aromatic N) is 1. The summed E-state index contributed by atoms with van der Waals surface area (Å²) in [4.78, 5) is 4.37. The maximum atomic E-state index is 4.37. The quantitative estimate of drug-likeness (QED) is 0.577. The number of nitrogens with one attached hydrogen (secondary N) is 1. The summed E-state index contributed by atoms with van der Waals surface area (Å²) in [7, 11) is 0. The zero-order valence-electron chi connectivity index (χ0n) is 7.75. The summed E-state index contributed by atoms with van der Waals surface area (Å²) in [5.74, 6) is 0. The van der Waals surface area contributed by atoms with Crippen molar-refractivity contribution in [3.05, 3.63) is 24.3 Å². The molecule has 1 atom stereocenters. The van der Waals surface area contributed by atoms with Crippen LogP contribution in [0.1, 0.15) is 13.8 Å². The first-order valence-electron chi connectivity index (χ1n) is 4.59. The molecule has 1 N–H and O–H groups in total. The second-order valence-corrected chi connectivity index (χ2v) is 2.48. The third kappa shape index (κ3) is 2.05. The number of hydrogen-bond acceptors (Lipinski definition) is 2. The average Bonchev–Trinajstić information content (AvgIpc) is 2.21. The first-order valence-corrected chi connectivity index (χ1v) is 4.59. The summed E-state index contributed by atoms with van der Waals surface area (Å²) >= 11 is 0. The minimum atomic E-state index is 0.388. The van der Waals surface area contributed by atoms with E-state index in [9.17, 15) is 0 Å². The number of aliphatic imine (C=N–C) groups is 1. The van der Waals surface area contributed by atoms with Gasteiger partial charge in [0.25, 0.3) is 0 Å². The maximum absolute atomic E-state index is 4.37. The molecule has 1 unspecified atom stereocenters. The van der Waals surface area contributed by atoms with E-state index in [1.54, 1.807) is 0 Å². The fraction of sp³-hybridized carbons (Fsp3) is 0.500. The van der Waals surface area contributed by atoms with E-state index in [1.807, 2.05) is 19.9 Å².